The molecule has 5 aromatic rings. The van der Waals surface area contributed by atoms with Crippen LogP contribution in [0.3, 0.4) is 0 Å². The predicted molar refractivity (Wildman–Crippen MR) is 475 cm³/mol. The Morgan fingerprint density at radius 3 is 1.70 bits per heavy atom. The van der Waals surface area contributed by atoms with Crippen molar-refractivity contribution >= 4 is 96.4 Å². The maximum atomic E-state index is 14.9. The molecule has 126 heavy (non-hydrogen) atoms. The molecule has 1 fully saturated rings. The number of methoxy groups -OCH3 is 3. The molecule has 0 bridgehead atoms. The number of nitrogens with one attached hydrogen (secondary N) is 8. The van der Waals surface area contributed by atoms with Gasteiger partial charge in [-0.05, 0) is 136 Å². The molecule has 0 saturated carbocycles. The van der Waals surface area contributed by atoms with Crippen molar-refractivity contribution in [2.24, 2.45) is 41.2 Å². The van der Waals surface area contributed by atoms with Crippen LogP contribution >= 0.6 is 0 Å². The normalized spacial score (nSPS) is 15.8. The summed E-state index contributed by atoms with van der Waals surface area (Å²) in [5.41, 5.74) is 8.05. The van der Waals surface area contributed by atoms with E-state index in [2.05, 4.69) is 42.5 Å². The lowest BCUT2D eigenvalue weighted by molar-refractivity contribution is -0.148. The van der Waals surface area contributed by atoms with Crippen LogP contribution in [0.1, 0.15) is 170 Å². The van der Waals surface area contributed by atoms with Crippen LogP contribution < -0.4 is 48.3 Å². The molecule has 0 spiro atoms. The van der Waals surface area contributed by atoms with Crippen LogP contribution in [0.15, 0.2) is 137 Å². The van der Waals surface area contributed by atoms with Gasteiger partial charge in [-0.2, -0.15) is 0 Å². The first-order valence-corrected chi connectivity index (χ1v) is 46.0. The van der Waals surface area contributed by atoms with Crippen LogP contribution in [0.25, 0.3) is 0 Å². The Labute approximate surface area is 740 Å². The highest BCUT2D eigenvalue weighted by molar-refractivity contribution is 7.92. The number of hydrogen-bond donors (Lipinski definition) is 10. The SMILES string of the molecule is CC[C@@H](C)[C@H]([C@H](CC(=O)N1CCC[C@H]1[C@H](OC)[C@H](C)C(=O)N[C@H](C)[C@@H](O)c1ccccc1)OC)N(C)C(=O)[C@H](NC(=O)[C@@H](C(C)C)N(C)C(=O)OCc1ccc(NC(=O)[C@H](CCCNC(N)=O)NC(=O)[C@H](NC(=O)CC[C@@H](NC(=O)c2ccc(C(=O)C(CS(=O)(=O)c3ccc(C)cc3)CS(=O)(=O)c3ccc(C)cc3)cc2)C(=O)NCCOC)C(C)C)cc1)C(C)C. The van der Waals surface area contributed by atoms with Gasteiger partial charge in [-0.25, -0.2) is 26.4 Å². The lowest BCUT2D eigenvalue weighted by Crippen LogP contribution is -2.60. The molecule has 33 nitrogen and oxygen atoms in total. The summed E-state index contributed by atoms with van der Waals surface area (Å²) in [6, 6.07) is 23.2. The van der Waals surface area contributed by atoms with Crippen molar-refractivity contribution in [1.82, 2.24) is 51.9 Å². The van der Waals surface area contributed by atoms with E-state index < -0.39 is 193 Å². The number of primary amides is 1. The van der Waals surface area contributed by atoms with E-state index in [1.54, 1.807) is 142 Å². The van der Waals surface area contributed by atoms with E-state index >= 15 is 0 Å². The standard InChI is InChI=1S/C91H130N12O21S2/c1-18-59(10)79(73(122-16)50-75(105)103-48-23-27-72(103)82(123-17)60(11)83(108)95-61(12)80(106)63-24-20-19-21-25-63)101(13)89(114)77(55(4)5)100-88(113)78(56(6)7)102(14)91(116)124-51-62-32-38-67(39-33-62)96-86(111)70(26-22-46-94-90(92)115)98-87(112)76(54(2)3)99-74(104)45-44-71(85(110)93-47-49-121-15)97-84(109)65-36-34-64(35-37-65)81(107)66(52-125(117,118)68-40-28-57(8)29-41-68)53-126(119,120)69-42-30-58(9)31-43-69/h19-21,24-25,28-43,54-56,59-61,66,70-73,76-80,82,106H,18,22-23,26-27,44-53H2,1-17H3,(H,93,110)(H,95,108)(H,96,111)(H,97,109)(H,98,112)(H,99,104)(H,100,113)(H3,92,94,115)/t59-,60+,61-,70+,71-,72+,73+,76-,77-,78-,79-,80-,82-/m1/s1. The van der Waals surface area contributed by atoms with Crippen LogP contribution in [0.5, 0.6) is 0 Å². The molecular formula is C91H130N12O21S2. The van der Waals surface area contributed by atoms with Gasteiger partial charge in [0.05, 0.1) is 82.6 Å². The first-order chi connectivity index (χ1) is 59.5. The van der Waals surface area contributed by atoms with E-state index in [0.29, 0.717) is 36.9 Å². The summed E-state index contributed by atoms with van der Waals surface area (Å²) in [4.78, 5) is 172. The van der Waals surface area contributed by atoms with Gasteiger partial charge >= 0.3 is 12.1 Å². The number of sulfone groups is 2. The second kappa shape index (κ2) is 49.4. The van der Waals surface area contributed by atoms with Crippen LogP contribution in [-0.2, 0) is 83.6 Å². The number of nitrogens with zero attached hydrogens (tertiary/aromatic N) is 3. The molecule has 11 N–H and O–H groups in total. The predicted octanol–water partition coefficient (Wildman–Crippen LogP) is 7.30. The summed E-state index contributed by atoms with van der Waals surface area (Å²) in [7, 11) is -1.04. The number of likely N-dealkylation sites (N-methyl/N-ethyl adjacent to an activating group) is 2. The number of ether oxygens (including phenoxy) is 4. The quantitative estimate of drug-likeness (QED) is 0.0135. The van der Waals surface area contributed by atoms with Crippen molar-refractivity contribution in [1.29, 1.82) is 0 Å². The van der Waals surface area contributed by atoms with Crippen molar-refractivity contribution in [3.05, 3.63) is 161 Å². The lowest BCUT2D eigenvalue weighted by Gasteiger charge is -2.41. The Morgan fingerprint density at radius 2 is 1.17 bits per heavy atom. The van der Waals surface area contributed by atoms with Gasteiger partial charge in [0, 0.05) is 78.3 Å². The summed E-state index contributed by atoms with van der Waals surface area (Å²) in [5, 5.41) is 32.7. The minimum absolute atomic E-state index is 0.00974. The summed E-state index contributed by atoms with van der Waals surface area (Å²) < 4.78 is 78.0. The first kappa shape index (κ1) is 104. The molecule has 6 rings (SSSR count). The molecule has 1 aliphatic rings. The number of urea groups is 1. The number of benzene rings is 5. The second-order valence-corrected chi connectivity index (χ2v) is 37.5. The highest BCUT2D eigenvalue weighted by atomic mass is 32.2. The van der Waals surface area contributed by atoms with Crippen molar-refractivity contribution in [3.63, 3.8) is 0 Å². The molecule has 35 heteroatoms. The van der Waals surface area contributed by atoms with Gasteiger partial charge < -0.3 is 82.1 Å². The highest BCUT2D eigenvalue weighted by Gasteiger charge is 2.45. The van der Waals surface area contributed by atoms with E-state index in [0.717, 1.165) is 16.0 Å². The maximum absolute atomic E-state index is 14.9. The number of ketones is 1. The van der Waals surface area contributed by atoms with Gasteiger partial charge in [0.1, 0.15) is 36.8 Å². The Hall–Kier alpha value is -10.7. The number of aliphatic hydroxyl groups excluding tert-OH is 1. The van der Waals surface area contributed by atoms with Crippen molar-refractivity contribution in [2.75, 3.05) is 78.5 Å². The molecule has 13 atom stereocenters. The minimum Gasteiger partial charge on any atom is -0.445 e. The molecule has 1 saturated heterocycles. The zero-order valence-corrected chi connectivity index (χ0v) is 77.0. The van der Waals surface area contributed by atoms with Gasteiger partial charge in [-0.15, -0.1) is 0 Å². The third-order valence-electron chi connectivity index (χ3n) is 22.8. The number of carbonyl (C=O) groups is 12. The fourth-order valence-electron chi connectivity index (χ4n) is 15.3. The van der Waals surface area contributed by atoms with E-state index in [4.69, 9.17) is 24.7 Å². The fourth-order valence-corrected chi connectivity index (χ4v) is 18.5. The van der Waals surface area contributed by atoms with E-state index in [9.17, 15) is 79.5 Å². The number of amides is 12. The molecule has 0 radical (unpaired) electrons. The number of aryl methyl sites for hydroxylation is 2. The Balaban J connectivity index is 1.07. The minimum atomic E-state index is -4.23. The number of rotatable bonds is 49. The zero-order chi connectivity index (χ0) is 93.6. The smallest absolute Gasteiger partial charge is 0.410 e. The monoisotopic (exact) mass is 1790 g/mol. The summed E-state index contributed by atoms with van der Waals surface area (Å²) in [6.45, 7) is 21.4. The molecule has 12 amide bonds. The average Bonchev–Trinajstić information content (AvgIpc) is 1.00. The Kier molecular flexibility index (Phi) is 40.8. The van der Waals surface area contributed by atoms with Crippen LogP contribution in [0.2, 0.25) is 0 Å². The first-order valence-electron chi connectivity index (χ1n) is 42.7. The highest BCUT2D eigenvalue weighted by Crippen LogP contribution is 2.32. The number of likely N-dealkylation sites (tertiary alicyclic amines) is 1. The number of nitrogens with two attached hydrogens (primary N) is 1. The third-order valence-corrected chi connectivity index (χ3v) is 26.5. The van der Waals surface area contributed by atoms with Crippen molar-refractivity contribution in [3.8, 4) is 0 Å². The van der Waals surface area contributed by atoms with Crippen molar-refractivity contribution in [2.45, 2.75) is 217 Å². The fraction of sp³-hybridized carbons (Fsp3) is 0.538. The summed E-state index contributed by atoms with van der Waals surface area (Å²) in [5.74, 6) is -12.0. The topological polar surface area (TPSA) is 462 Å². The van der Waals surface area contributed by atoms with Gasteiger partial charge in [0.2, 0.25) is 47.3 Å². The second-order valence-electron chi connectivity index (χ2n) is 33.5. The van der Waals surface area contributed by atoms with Gasteiger partial charge in [0.15, 0.2) is 25.5 Å². The van der Waals surface area contributed by atoms with E-state index in [1.807, 2.05) is 19.9 Å². The molecule has 1 heterocycles. The summed E-state index contributed by atoms with van der Waals surface area (Å²) in [6.07, 6.45) is -2.29. The number of hydrogen-bond acceptors (Lipinski definition) is 21. The third kappa shape index (κ3) is 30.2. The van der Waals surface area contributed by atoms with E-state index in [1.165, 1.54) is 93.9 Å². The number of carbonyl (C=O) groups excluding carboxylic acids is 12. The number of aliphatic hydroxyl groups is 1. The van der Waals surface area contributed by atoms with Crippen molar-refractivity contribution < 1.29 is 98.4 Å². The summed E-state index contributed by atoms with van der Waals surface area (Å²) >= 11 is 0. The Morgan fingerprint density at radius 1 is 0.595 bits per heavy atom. The molecule has 692 valence electrons. The number of anilines is 1. The largest absolute Gasteiger partial charge is 0.445 e. The molecule has 5 aromatic carbocycles. The molecule has 1 aliphatic heterocycles. The number of Topliss-reactive ketones (excluding diaryl/α,β-unsaturated/α-hetero) is 1. The lowest BCUT2D eigenvalue weighted by atomic mass is 9.89. The molecular weight excluding hydrogens is 1660 g/mol. The molecule has 0 aliphatic carbocycles. The van der Waals surface area contributed by atoms with Crippen LogP contribution in [0.4, 0.5) is 15.3 Å². The van der Waals surface area contributed by atoms with Crippen LogP contribution in [0, 0.1) is 49.4 Å². The average molecular weight is 1790 g/mol. The molecule has 0 unspecified atom stereocenters. The van der Waals surface area contributed by atoms with Gasteiger partial charge in [-0.1, -0.05) is 159 Å². The maximum Gasteiger partial charge on any atom is 0.410 e. The van der Waals surface area contributed by atoms with E-state index in [-0.39, 0.29) is 96.3 Å². The zero-order valence-electron chi connectivity index (χ0n) is 75.4. The van der Waals surface area contributed by atoms with Crippen LogP contribution in [-0.4, -0.2) is 241 Å². The van der Waals surface area contributed by atoms with Gasteiger partial charge in [-0.3, -0.25) is 52.8 Å². The van der Waals surface area contributed by atoms with Gasteiger partial charge in [0.25, 0.3) is 5.91 Å². The Bertz CT molecular complexity index is 4640. The molecule has 0 aromatic heterocycles.